The predicted molar refractivity (Wildman–Crippen MR) is 51.4 cm³/mol. The number of rotatable bonds is 1. The molecule has 1 aliphatic carbocycles. The molecule has 2 heteroatoms. The van der Waals surface area contributed by atoms with Gasteiger partial charge in [-0.1, -0.05) is 6.92 Å². The Balaban J connectivity index is 2.32. The molecule has 0 saturated heterocycles. The lowest BCUT2D eigenvalue weighted by Crippen LogP contribution is -2.09. The molecule has 0 spiro atoms. The molecule has 0 aromatic carbocycles. The zero-order valence-electron chi connectivity index (χ0n) is 7.34. The topological polar surface area (TPSA) is 20.2 Å². The van der Waals surface area contributed by atoms with Crippen molar-refractivity contribution in [3.63, 3.8) is 0 Å². The van der Waals surface area contributed by atoms with Gasteiger partial charge in [-0.05, 0) is 41.7 Å². The lowest BCUT2D eigenvalue weighted by Gasteiger charge is -2.18. The van der Waals surface area contributed by atoms with E-state index in [2.05, 4.69) is 12.3 Å². The lowest BCUT2D eigenvalue weighted by atomic mass is 9.89. The van der Waals surface area contributed by atoms with Crippen LogP contribution >= 0.6 is 11.3 Å². The Morgan fingerprint density at radius 3 is 3.25 bits per heavy atom. The average Bonchev–Trinajstić information content (AvgIpc) is 2.46. The molecule has 2 rings (SSSR count). The van der Waals surface area contributed by atoms with E-state index in [-0.39, 0.29) is 6.61 Å². The highest BCUT2D eigenvalue weighted by atomic mass is 32.1. The minimum Gasteiger partial charge on any atom is -0.392 e. The van der Waals surface area contributed by atoms with E-state index in [0.717, 1.165) is 5.92 Å². The summed E-state index contributed by atoms with van der Waals surface area (Å²) in [4.78, 5) is 1.51. The molecular weight excluding hydrogens is 168 g/mol. The zero-order chi connectivity index (χ0) is 8.55. The van der Waals surface area contributed by atoms with Crippen molar-refractivity contribution in [3.8, 4) is 0 Å². The Hall–Kier alpha value is -0.340. The summed E-state index contributed by atoms with van der Waals surface area (Å²) in [6, 6.07) is 0. The van der Waals surface area contributed by atoms with Crippen LogP contribution in [0.5, 0.6) is 0 Å². The van der Waals surface area contributed by atoms with Crippen LogP contribution in [0.15, 0.2) is 5.38 Å². The van der Waals surface area contributed by atoms with E-state index >= 15 is 0 Å². The third-order valence-corrected chi connectivity index (χ3v) is 3.76. The van der Waals surface area contributed by atoms with Crippen LogP contribution in [0.3, 0.4) is 0 Å². The summed E-state index contributed by atoms with van der Waals surface area (Å²) in [7, 11) is 0. The van der Waals surface area contributed by atoms with Crippen LogP contribution in [0.2, 0.25) is 0 Å². The number of fused-ring (bicyclic) bond motifs is 1. The number of hydrogen-bond donors (Lipinski definition) is 1. The summed E-state index contributed by atoms with van der Waals surface area (Å²) in [5.41, 5.74) is 2.61. The van der Waals surface area contributed by atoms with Crippen molar-refractivity contribution in [1.82, 2.24) is 0 Å². The van der Waals surface area contributed by atoms with Crippen LogP contribution in [0.4, 0.5) is 0 Å². The van der Waals surface area contributed by atoms with E-state index in [4.69, 9.17) is 5.11 Å². The fraction of sp³-hybridized carbons (Fsp3) is 0.600. The fourth-order valence-electron chi connectivity index (χ4n) is 1.88. The van der Waals surface area contributed by atoms with E-state index in [1.54, 1.807) is 0 Å². The second kappa shape index (κ2) is 3.19. The standard InChI is InChI=1S/C10H14OS/c1-7-2-3-9-8(5-11)6-12-10(9)4-7/h6-7,11H,2-5H2,1H3/t7-/m1/s1. The highest BCUT2D eigenvalue weighted by Crippen LogP contribution is 2.32. The van der Waals surface area contributed by atoms with Crippen LogP contribution in [0.25, 0.3) is 0 Å². The molecule has 12 heavy (non-hydrogen) atoms. The van der Waals surface area contributed by atoms with Gasteiger partial charge in [-0.3, -0.25) is 0 Å². The van der Waals surface area contributed by atoms with Crippen LogP contribution < -0.4 is 0 Å². The van der Waals surface area contributed by atoms with Gasteiger partial charge in [-0.25, -0.2) is 0 Å². The van der Waals surface area contributed by atoms with Gasteiger partial charge in [0.25, 0.3) is 0 Å². The molecule has 0 amide bonds. The summed E-state index contributed by atoms with van der Waals surface area (Å²) in [5.74, 6) is 0.836. The maximum absolute atomic E-state index is 9.06. The molecule has 1 nitrogen and oxygen atoms in total. The van der Waals surface area contributed by atoms with Crippen molar-refractivity contribution < 1.29 is 5.11 Å². The molecular formula is C10H14OS. The van der Waals surface area contributed by atoms with E-state index in [9.17, 15) is 0 Å². The Morgan fingerprint density at radius 1 is 1.67 bits per heavy atom. The molecule has 0 unspecified atom stereocenters. The number of thiophene rings is 1. The number of hydrogen-bond acceptors (Lipinski definition) is 2. The summed E-state index contributed by atoms with van der Waals surface area (Å²) < 4.78 is 0. The quantitative estimate of drug-likeness (QED) is 0.707. The molecule has 1 aliphatic rings. The molecule has 1 aromatic rings. The van der Waals surface area contributed by atoms with Gasteiger partial charge in [0.05, 0.1) is 6.61 Å². The number of aliphatic hydroxyl groups is 1. The van der Waals surface area contributed by atoms with Gasteiger partial charge in [0.1, 0.15) is 0 Å². The minimum absolute atomic E-state index is 0.222. The Bertz CT molecular complexity index is 277. The van der Waals surface area contributed by atoms with Crippen molar-refractivity contribution in [3.05, 3.63) is 21.4 Å². The normalized spacial score (nSPS) is 22.3. The Kier molecular flexibility index (Phi) is 2.20. The summed E-state index contributed by atoms with van der Waals surface area (Å²) >= 11 is 1.82. The maximum Gasteiger partial charge on any atom is 0.0692 e. The molecule has 0 saturated carbocycles. The van der Waals surface area contributed by atoms with E-state index in [1.165, 1.54) is 35.3 Å². The first-order valence-electron chi connectivity index (χ1n) is 4.50. The van der Waals surface area contributed by atoms with Crippen molar-refractivity contribution in [1.29, 1.82) is 0 Å². The average molecular weight is 182 g/mol. The van der Waals surface area contributed by atoms with Gasteiger partial charge in [0.2, 0.25) is 0 Å². The first kappa shape index (κ1) is 8.27. The largest absolute Gasteiger partial charge is 0.392 e. The SMILES string of the molecule is C[C@@H]1CCc2c(CO)csc2C1. The second-order valence-electron chi connectivity index (χ2n) is 3.67. The van der Waals surface area contributed by atoms with Gasteiger partial charge in [0, 0.05) is 4.88 Å². The van der Waals surface area contributed by atoms with Crippen molar-refractivity contribution in [2.24, 2.45) is 5.92 Å². The molecule has 0 aliphatic heterocycles. The number of aliphatic hydroxyl groups excluding tert-OH is 1. The van der Waals surface area contributed by atoms with Crippen LogP contribution in [0, 0.1) is 5.92 Å². The summed E-state index contributed by atoms with van der Waals surface area (Å²) in [6.45, 7) is 2.53. The maximum atomic E-state index is 9.06. The van der Waals surface area contributed by atoms with Crippen LogP contribution in [-0.2, 0) is 19.4 Å². The highest BCUT2D eigenvalue weighted by Gasteiger charge is 2.18. The third-order valence-electron chi connectivity index (χ3n) is 2.66. The van der Waals surface area contributed by atoms with Crippen LogP contribution in [-0.4, -0.2) is 5.11 Å². The van der Waals surface area contributed by atoms with Gasteiger partial charge in [-0.2, -0.15) is 0 Å². The zero-order valence-corrected chi connectivity index (χ0v) is 8.16. The molecule has 0 bridgehead atoms. The summed E-state index contributed by atoms with van der Waals surface area (Å²) in [6.07, 6.45) is 3.69. The first-order chi connectivity index (χ1) is 5.81. The van der Waals surface area contributed by atoms with E-state index < -0.39 is 0 Å². The van der Waals surface area contributed by atoms with E-state index in [0.29, 0.717) is 0 Å². The van der Waals surface area contributed by atoms with Crippen molar-refractivity contribution >= 4 is 11.3 Å². The molecule has 66 valence electrons. The van der Waals surface area contributed by atoms with Crippen molar-refractivity contribution in [2.75, 3.05) is 0 Å². The molecule has 0 fully saturated rings. The van der Waals surface area contributed by atoms with Crippen LogP contribution in [0.1, 0.15) is 29.3 Å². The molecule has 1 heterocycles. The van der Waals surface area contributed by atoms with E-state index in [1.807, 2.05) is 11.3 Å². The second-order valence-corrected chi connectivity index (χ2v) is 4.63. The fourth-order valence-corrected chi connectivity index (χ4v) is 3.13. The van der Waals surface area contributed by atoms with Gasteiger partial charge < -0.3 is 5.11 Å². The molecule has 0 radical (unpaired) electrons. The monoisotopic (exact) mass is 182 g/mol. The van der Waals surface area contributed by atoms with Gasteiger partial charge >= 0.3 is 0 Å². The predicted octanol–water partition coefficient (Wildman–Crippen LogP) is 2.37. The molecule has 1 N–H and O–H groups in total. The third kappa shape index (κ3) is 1.29. The Labute approximate surface area is 77.0 Å². The minimum atomic E-state index is 0.222. The smallest absolute Gasteiger partial charge is 0.0692 e. The first-order valence-corrected chi connectivity index (χ1v) is 5.38. The van der Waals surface area contributed by atoms with Gasteiger partial charge in [0.15, 0.2) is 0 Å². The van der Waals surface area contributed by atoms with Crippen molar-refractivity contribution in [2.45, 2.75) is 32.8 Å². The molecule has 1 aromatic heterocycles. The van der Waals surface area contributed by atoms with Gasteiger partial charge in [-0.15, -0.1) is 11.3 Å². The lowest BCUT2D eigenvalue weighted by molar-refractivity contribution is 0.280. The molecule has 1 atom stereocenters. The Morgan fingerprint density at radius 2 is 2.50 bits per heavy atom. The summed E-state index contributed by atoms with van der Waals surface area (Å²) in [5, 5.41) is 11.2. The highest BCUT2D eigenvalue weighted by molar-refractivity contribution is 7.10.